The van der Waals surface area contributed by atoms with E-state index in [9.17, 15) is 14.0 Å². The summed E-state index contributed by atoms with van der Waals surface area (Å²) in [5.41, 5.74) is 7.02. The number of amides is 2. The zero-order chi connectivity index (χ0) is 20.1. The van der Waals surface area contributed by atoms with Crippen molar-refractivity contribution in [3.63, 3.8) is 0 Å². The lowest BCUT2D eigenvalue weighted by Crippen LogP contribution is -2.43. The van der Waals surface area contributed by atoms with Gasteiger partial charge in [-0.3, -0.25) is 15.0 Å². The number of aliphatic imine (C=N–C) groups is 1. The lowest BCUT2D eigenvalue weighted by Gasteiger charge is -2.29. The van der Waals surface area contributed by atoms with Crippen LogP contribution in [-0.4, -0.2) is 33.7 Å². The number of para-hydroxylation sites is 3. The Balaban J connectivity index is 1.58. The van der Waals surface area contributed by atoms with Crippen LogP contribution in [0.15, 0.2) is 53.5 Å². The molecule has 144 valence electrons. The molecule has 0 atom stereocenters. The molecule has 0 aliphatic carbocycles. The summed E-state index contributed by atoms with van der Waals surface area (Å²) >= 11 is 1.80. The first-order chi connectivity index (χ1) is 13.4. The molecule has 2 aromatic rings. The number of fused-ring (bicyclic) bond motifs is 1. The van der Waals surface area contributed by atoms with Crippen molar-refractivity contribution in [3.8, 4) is 0 Å². The van der Waals surface area contributed by atoms with Gasteiger partial charge in [-0.1, -0.05) is 36.0 Å². The Labute approximate surface area is 169 Å². The van der Waals surface area contributed by atoms with Gasteiger partial charge in [-0.25, -0.2) is 9.38 Å². The topological polar surface area (TPSA) is 112 Å². The molecule has 2 amide bonds. The van der Waals surface area contributed by atoms with E-state index in [1.54, 1.807) is 36.4 Å². The van der Waals surface area contributed by atoms with Gasteiger partial charge < -0.3 is 16.0 Å². The third-order valence-corrected chi connectivity index (χ3v) is 5.42. The normalized spacial score (nSPS) is 13.7. The smallest absolute Gasteiger partial charge is 0.244 e. The predicted octanol–water partition coefficient (Wildman–Crippen LogP) is 3.16. The maximum atomic E-state index is 13.6. The van der Waals surface area contributed by atoms with Crippen molar-refractivity contribution in [2.75, 3.05) is 22.5 Å². The highest BCUT2D eigenvalue weighted by molar-refractivity contribution is 8.44. The molecule has 4 N–H and O–H groups in total. The molecule has 1 aliphatic heterocycles. The minimum absolute atomic E-state index is 0.00209. The lowest BCUT2D eigenvalue weighted by atomic mass is 10.2. The Bertz CT molecular complexity index is 966. The maximum Gasteiger partial charge on any atom is 0.244 e. The van der Waals surface area contributed by atoms with E-state index >= 15 is 0 Å². The molecule has 0 saturated carbocycles. The van der Waals surface area contributed by atoms with Crippen LogP contribution < -0.4 is 16.0 Å². The van der Waals surface area contributed by atoms with E-state index in [1.165, 1.54) is 17.0 Å². The van der Waals surface area contributed by atoms with Gasteiger partial charge in [0.25, 0.3) is 0 Å². The molecule has 0 radical (unpaired) electrons. The molecule has 0 fully saturated rings. The molecule has 7 nitrogen and oxygen atoms in total. The van der Waals surface area contributed by atoms with Crippen LogP contribution in [0, 0.1) is 11.2 Å². The molecule has 0 aromatic heterocycles. The standard InChI is InChI=1S/C18H16FN5O2S2/c19-11-5-1-2-6-12(11)23-17(20)28-18(21)27-10-16(26)24-9-15(25)22-13-7-3-4-8-14(13)24/h1-8,21H,9-10H2,(H2,20,23)(H,22,25). The Hall–Kier alpha value is -2.85. The van der Waals surface area contributed by atoms with Crippen LogP contribution in [0.2, 0.25) is 0 Å². The summed E-state index contributed by atoms with van der Waals surface area (Å²) in [6.45, 7) is -0.0756. The molecule has 10 heteroatoms. The Morgan fingerprint density at radius 1 is 1.25 bits per heavy atom. The highest BCUT2D eigenvalue weighted by Crippen LogP contribution is 2.30. The second-order valence-corrected chi connectivity index (χ2v) is 7.90. The summed E-state index contributed by atoms with van der Waals surface area (Å²) in [7, 11) is 0. The summed E-state index contributed by atoms with van der Waals surface area (Å²) in [5.74, 6) is -1.13. The number of benzene rings is 2. The number of rotatable bonds is 3. The van der Waals surface area contributed by atoms with Gasteiger partial charge in [0.2, 0.25) is 11.8 Å². The summed E-state index contributed by atoms with van der Waals surface area (Å²) < 4.78 is 13.6. The van der Waals surface area contributed by atoms with Crippen molar-refractivity contribution in [1.29, 1.82) is 5.41 Å². The van der Waals surface area contributed by atoms with Gasteiger partial charge in [0, 0.05) is 0 Å². The fourth-order valence-electron chi connectivity index (χ4n) is 2.47. The molecule has 0 spiro atoms. The van der Waals surface area contributed by atoms with Crippen LogP contribution in [0.5, 0.6) is 0 Å². The summed E-state index contributed by atoms with van der Waals surface area (Å²) in [5, 5.41) is 10.7. The average molecular weight is 417 g/mol. The van der Waals surface area contributed by atoms with Gasteiger partial charge in [-0.2, -0.15) is 0 Å². The lowest BCUT2D eigenvalue weighted by molar-refractivity contribution is -0.120. The first-order valence-electron chi connectivity index (χ1n) is 8.11. The van der Waals surface area contributed by atoms with Crippen LogP contribution in [0.1, 0.15) is 0 Å². The first kappa shape index (κ1) is 19.9. The highest BCUT2D eigenvalue weighted by atomic mass is 32.2. The number of nitrogens with one attached hydrogen (secondary N) is 2. The van der Waals surface area contributed by atoms with Gasteiger partial charge >= 0.3 is 0 Å². The first-order valence-corrected chi connectivity index (χ1v) is 9.91. The molecule has 0 unspecified atom stereocenters. The second kappa shape index (κ2) is 8.89. The Kier molecular flexibility index (Phi) is 6.32. The van der Waals surface area contributed by atoms with Gasteiger partial charge in [-0.05, 0) is 36.0 Å². The number of amidine groups is 1. The minimum Gasteiger partial charge on any atom is -0.378 e. The van der Waals surface area contributed by atoms with E-state index in [1.807, 2.05) is 0 Å². The quantitative estimate of drug-likeness (QED) is 0.525. The van der Waals surface area contributed by atoms with Crippen molar-refractivity contribution in [2.45, 2.75) is 0 Å². The van der Waals surface area contributed by atoms with Crippen LogP contribution in [0.3, 0.4) is 0 Å². The molecular formula is C18H16FN5O2S2. The number of carbonyl (C=O) groups is 2. The number of carbonyl (C=O) groups excluding carboxylic acids is 2. The minimum atomic E-state index is -0.512. The van der Waals surface area contributed by atoms with Gasteiger partial charge in [0.15, 0.2) is 5.17 Å². The van der Waals surface area contributed by atoms with Gasteiger partial charge in [0.1, 0.15) is 22.4 Å². The van der Waals surface area contributed by atoms with Gasteiger partial charge in [-0.15, -0.1) is 0 Å². The number of anilines is 2. The predicted molar refractivity (Wildman–Crippen MR) is 113 cm³/mol. The fraction of sp³-hybridized carbons (Fsp3) is 0.111. The molecule has 0 bridgehead atoms. The Morgan fingerprint density at radius 3 is 2.75 bits per heavy atom. The van der Waals surface area contributed by atoms with Crippen molar-refractivity contribution < 1.29 is 14.0 Å². The van der Waals surface area contributed by atoms with E-state index < -0.39 is 5.82 Å². The molecule has 0 saturated heterocycles. The van der Waals surface area contributed by atoms with Crippen molar-refractivity contribution in [3.05, 3.63) is 54.3 Å². The molecule has 1 aliphatic rings. The monoisotopic (exact) mass is 417 g/mol. The largest absolute Gasteiger partial charge is 0.378 e. The summed E-state index contributed by atoms with van der Waals surface area (Å²) in [4.78, 5) is 29.7. The zero-order valence-electron chi connectivity index (χ0n) is 14.5. The molecule has 3 rings (SSSR count). The second-order valence-electron chi connectivity index (χ2n) is 5.62. The highest BCUT2D eigenvalue weighted by Gasteiger charge is 2.26. The number of nitrogens with two attached hydrogens (primary N) is 1. The molecular weight excluding hydrogens is 401 g/mol. The molecule has 2 aromatic carbocycles. The maximum absolute atomic E-state index is 13.6. The fourth-order valence-corrected chi connectivity index (χ4v) is 3.88. The number of hydrogen-bond donors (Lipinski definition) is 3. The van der Waals surface area contributed by atoms with Crippen molar-refractivity contribution in [1.82, 2.24) is 0 Å². The van der Waals surface area contributed by atoms with Crippen molar-refractivity contribution in [2.24, 2.45) is 10.7 Å². The average Bonchev–Trinajstić information content (AvgIpc) is 2.67. The third kappa shape index (κ3) is 4.90. The van der Waals surface area contributed by atoms with E-state index in [0.29, 0.717) is 11.4 Å². The summed E-state index contributed by atoms with van der Waals surface area (Å²) in [6.07, 6.45) is 0. The van der Waals surface area contributed by atoms with Crippen LogP contribution in [0.25, 0.3) is 0 Å². The zero-order valence-corrected chi connectivity index (χ0v) is 16.1. The van der Waals surface area contributed by atoms with E-state index in [0.717, 1.165) is 23.5 Å². The summed E-state index contributed by atoms with van der Waals surface area (Å²) in [6, 6.07) is 12.9. The van der Waals surface area contributed by atoms with Crippen LogP contribution >= 0.6 is 23.5 Å². The third-order valence-electron chi connectivity index (χ3n) is 3.68. The molecule has 1 heterocycles. The van der Waals surface area contributed by atoms with Crippen LogP contribution in [0.4, 0.5) is 21.5 Å². The SMILES string of the molecule is N=C(SCC(=O)N1CC(=O)Nc2ccccc21)SC(N)=Nc1ccccc1F. The number of halogens is 1. The number of thioether (sulfide) groups is 2. The van der Waals surface area contributed by atoms with E-state index in [2.05, 4.69) is 10.3 Å². The van der Waals surface area contributed by atoms with Gasteiger partial charge in [0.05, 0.1) is 17.1 Å². The van der Waals surface area contributed by atoms with E-state index in [4.69, 9.17) is 11.1 Å². The molecule has 28 heavy (non-hydrogen) atoms. The van der Waals surface area contributed by atoms with E-state index in [-0.39, 0.29) is 39.3 Å². The number of nitrogens with zero attached hydrogens (tertiary/aromatic N) is 2. The van der Waals surface area contributed by atoms with Crippen molar-refractivity contribution >= 4 is 61.9 Å². The Morgan fingerprint density at radius 2 is 1.96 bits per heavy atom. The number of hydrogen-bond acceptors (Lipinski definition) is 6. The van der Waals surface area contributed by atoms with Crippen LogP contribution in [-0.2, 0) is 9.59 Å².